The molecule has 0 aromatic heterocycles. The molecule has 0 bridgehead atoms. The summed E-state index contributed by atoms with van der Waals surface area (Å²) in [5.41, 5.74) is 6.23. The van der Waals surface area contributed by atoms with Gasteiger partial charge in [0.1, 0.15) is 11.6 Å². The highest BCUT2D eigenvalue weighted by Gasteiger charge is 2.24. The molecule has 1 aromatic rings. The molecule has 5 heteroatoms. The fourth-order valence-corrected chi connectivity index (χ4v) is 2.21. The maximum absolute atomic E-state index is 13.0. The van der Waals surface area contributed by atoms with E-state index in [0.29, 0.717) is 31.5 Å². The largest absolute Gasteiger partial charge is 0.341 e. The fraction of sp³-hybridized carbons (Fsp3) is 0.462. The van der Waals surface area contributed by atoms with Crippen molar-refractivity contribution in [3.05, 3.63) is 35.4 Å². The van der Waals surface area contributed by atoms with Gasteiger partial charge in [-0.05, 0) is 37.0 Å². The molecule has 1 heterocycles. The highest BCUT2D eigenvalue weighted by molar-refractivity contribution is 5.82. The molecule has 1 unspecified atom stereocenters. The first-order valence-corrected chi connectivity index (χ1v) is 6.05. The minimum absolute atomic E-state index is 0.0712. The van der Waals surface area contributed by atoms with E-state index in [1.807, 2.05) is 0 Å². The number of likely N-dealkylation sites (tertiary alicyclic amines) is 1. The SMILES string of the molecule is NC1CCCN(CCc2cc(F)cc(F)c2)C1=O. The summed E-state index contributed by atoms with van der Waals surface area (Å²) >= 11 is 0. The predicted octanol–water partition coefficient (Wildman–Crippen LogP) is 1.46. The second-order valence-electron chi connectivity index (χ2n) is 4.60. The van der Waals surface area contributed by atoms with Gasteiger partial charge in [-0.25, -0.2) is 8.78 Å². The first-order valence-electron chi connectivity index (χ1n) is 6.05. The maximum Gasteiger partial charge on any atom is 0.239 e. The van der Waals surface area contributed by atoms with Crippen molar-refractivity contribution in [2.75, 3.05) is 13.1 Å². The molecule has 1 aliphatic heterocycles. The normalized spacial score (nSPS) is 20.3. The smallest absolute Gasteiger partial charge is 0.239 e. The van der Waals surface area contributed by atoms with Crippen LogP contribution in [0.2, 0.25) is 0 Å². The monoisotopic (exact) mass is 254 g/mol. The lowest BCUT2D eigenvalue weighted by molar-refractivity contribution is -0.134. The molecule has 18 heavy (non-hydrogen) atoms. The van der Waals surface area contributed by atoms with Crippen molar-refractivity contribution in [3.8, 4) is 0 Å². The maximum atomic E-state index is 13.0. The first-order chi connectivity index (χ1) is 8.56. The average molecular weight is 254 g/mol. The van der Waals surface area contributed by atoms with E-state index in [9.17, 15) is 13.6 Å². The van der Waals surface area contributed by atoms with Crippen LogP contribution < -0.4 is 5.73 Å². The van der Waals surface area contributed by atoms with Gasteiger partial charge in [-0.15, -0.1) is 0 Å². The van der Waals surface area contributed by atoms with Crippen LogP contribution in [0.4, 0.5) is 8.78 Å². The van der Waals surface area contributed by atoms with Crippen molar-refractivity contribution in [2.24, 2.45) is 5.73 Å². The number of nitrogens with two attached hydrogens (primary N) is 1. The average Bonchev–Trinajstić information content (AvgIpc) is 2.30. The lowest BCUT2D eigenvalue weighted by Gasteiger charge is -2.30. The Morgan fingerprint density at radius 2 is 1.94 bits per heavy atom. The van der Waals surface area contributed by atoms with E-state index in [-0.39, 0.29) is 5.91 Å². The van der Waals surface area contributed by atoms with Crippen LogP contribution in [-0.4, -0.2) is 29.9 Å². The van der Waals surface area contributed by atoms with Crippen LogP contribution in [0, 0.1) is 11.6 Å². The summed E-state index contributed by atoms with van der Waals surface area (Å²) in [6.45, 7) is 1.12. The standard InChI is InChI=1S/C13H16F2N2O/c14-10-6-9(7-11(15)8-10)3-5-17-4-1-2-12(16)13(17)18/h6-8,12H,1-5,16H2. The van der Waals surface area contributed by atoms with Crippen LogP contribution in [0.25, 0.3) is 0 Å². The molecule has 1 aliphatic rings. The molecule has 0 radical (unpaired) electrons. The number of benzene rings is 1. The lowest BCUT2D eigenvalue weighted by Crippen LogP contribution is -2.48. The first kappa shape index (κ1) is 13.0. The molecule has 2 rings (SSSR count). The summed E-state index contributed by atoms with van der Waals surface area (Å²) in [6.07, 6.45) is 2.03. The molecule has 2 N–H and O–H groups in total. The van der Waals surface area contributed by atoms with Gasteiger partial charge in [0.05, 0.1) is 6.04 Å². The third-order valence-electron chi connectivity index (χ3n) is 3.16. The van der Waals surface area contributed by atoms with Crippen LogP contribution in [0.15, 0.2) is 18.2 Å². The minimum Gasteiger partial charge on any atom is -0.341 e. The Kier molecular flexibility index (Phi) is 3.91. The molecular weight excluding hydrogens is 238 g/mol. The zero-order valence-electron chi connectivity index (χ0n) is 10.0. The van der Waals surface area contributed by atoms with Crippen LogP contribution >= 0.6 is 0 Å². The fourth-order valence-electron chi connectivity index (χ4n) is 2.21. The van der Waals surface area contributed by atoms with E-state index < -0.39 is 17.7 Å². The van der Waals surface area contributed by atoms with Gasteiger partial charge in [0, 0.05) is 19.2 Å². The number of nitrogens with zero attached hydrogens (tertiary/aromatic N) is 1. The number of amides is 1. The van der Waals surface area contributed by atoms with Crippen molar-refractivity contribution < 1.29 is 13.6 Å². The minimum atomic E-state index is -0.591. The number of rotatable bonds is 3. The lowest BCUT2D eigenvalue weighted by atomic mass is 10.0. The van der Waals surface area contributed by atoms with E-state index in [1.54, 1.807) is 4.90 Å². The molecule has 0 aliphatic carbocycles. The van der Waals surface area contributed by atoms with Crippen molar-refractivity contribution in [2.45, 2.75) is 25.3 Å². The van der Waals surface area contributed by atoms with E-state index in [0.717, 1.165) is 12.5 Å². The third-order valence-corrected chi connectivity index (χ3v) is 3.16. The quantitative estimate of drug-likeness (QED) is 0.887. The van der Waals surface area contributed by atoms with Crippen LogP contribution in [0.3, 0.4) is 0 Å². The van der Waals surface area contributed by atoms with Crippen molar-refractivity contribution in [3.63, 3.8) is 0 Å². The third kappa shape index (κ3) is 3.04. The van der Waals surface area contributed by atoms with Gasteiger partial charge in [0.25, 0.3) is 0 Å². The van der Waals surface area contributed by atoms with Gasteiger partial charge < -0.3 is 10.6 Å². The van der Waals surface area contributed by atoms with Crippen LogP contribution in [0.5, 0.6) is 0 Å². The Morgan fingerprint density at radius 1 is 1.28 bits per heavy atom. The van der Waals surface area contributed by atoms with Gasteiger partial charge in [0.15, 0.2) is 0 Å². The number of carbonyl (C=O) groups is 1. The van der Waals surface area contributed by atoms with E-state index in [2.05, 4.69) is 0 Å². The molecule has 98 valence electrons. The van der Waals surface area contributed by atoms with E-state index >= 15 is 0 Å². The van der Waals surface area contributed by atoms with Crippen molar-refractivity contribution >= 4 is 5.91 Å². The Hall–Kier alpha value is -1.49. The van der Waals surface area contributed by atoms with Crippen LogP contribution in [-0.2, 0) is 11.2 Å². The van der Waals surface area contributed by atoms with Gasteiger partial charge >= 0.3 is 0 Å². The van der Waals surface area contributed by atoms with Crippen molar-refractivity contribution in [1.82, 2.24) is 4.90 Å². The van der Waals surface area contributed by atoms with Gasteiger partial charge in [-0.2, -0.15) is 0 Å². The van der Waals surface area contributed by atoms with Crippen LogP contribution in [0.1, 0.15) is 18.4 Å². The van der Waals surface area contributed by atoms with Gasteiger partial charge in [0.2, 0.25) is 5.91 Å². The molecular formula is C13H16F2N2O. The molecule has 3 nitrogen and oxygen atoms in total. The zero-order valence-corrected chi connectivity index (χ0v) is 10.0. The number of hydrogen-bond donors (Lipinski definition) is 1. The Balaban J connectivity index is 1.96. The topological polar surface area (TPSA) is 46.3 Å². The van der Waals surface area contributed by atoms with E-state index in [1.165, 1.54) is 12.1 Å². The second kappa shape index (κ2) is 5.44. The molecule has 1 atom stereocenters. The summed E-state index contributed by atoms with van der Waals surface area (Å²) in [5, 5.41) is 0. The summed E-state index contributed by atoms with van der Waals surface area (Å²) in [5.74, 6) is -1.25. The Bertz CT molecular complexity index is 430. The Labute approximate surface area is 105 Å². The second-order valence-corrected chi connectivity index (χ2v) is 4.60. The number of halogens is 2. The number of hydrogen-bond acceptors (Lipinski definition) is 2. The molecule has 1 aromatic carbocycles. The Morgan fingerprint density at radius 3 is 2.61 bits per heavy atom. The van der Waals surface area contributed by atoms with Gasteiger partial charge in [-0.1, -0.05) is 0 Å². The zero-order chi connectivity index (χ0) is 13.1. The van der Waals surface area contributed by atoms with Crippen molar-refractivity contribution in [1.29, 1.82) is 0 Å². The van der Waals surface area contributed by atoms with E-state index in [4.69, 9.17) is 5.73 Å². The highest BCUT2D eigenvalue weighted by Crippen LogP contribution is 2.13. The predicted molar refractivity (Wildman–Crippen MR) is 63.9 cm³/mol. The highest BCUT2D eigenvalue weighted by atomic mass is 19.1. The molecule has 1 amide bonds. The number of piperidine rings is 1. The molecule has 0 spiro atoms. The summed E-state index contributed by atoms with van der Waals surface area (Å²) in [4.78, 5) is 13.4. The summed E-state index contributed by atoms with van der Waals surface area (Å²) in [7, 11) is 0. The van der Waals surface area contributed by atoms with Gasteiger partial charge in [-0.3, -0.25) is 4.79 Å². The molecule has 1 saturated heterocycles. The summed E-state index contributed by atoms with van der Waals surface area (Å²) in [6, 6.07) is 2.99. The molecule has 1 fully saturated rings. The molecule has 0 saturated carbocycles. The number of carbonyl (C=O) groups excluding carboxylic acids is 1. The summed E-state index contributed by atoms with van der Waals surface area (Å²) < 4.78 is 26.0.